The van der Waals surface area contributed by atoms with Crippen LogP contribution in [0.3, 0.4) is 0 Å². The molecule has 5 rings (SSSR count). The van der Waals surface area contributed by atoms with Gasteiger partial charge in [0.05, 0.1) is 32.7 Å². The molecule has 2 heterocycles. The molecule has 3 aromatic carbocycles. The highest BCUT2D eigenvalue weighted by Gasteiger charge is 2.39. The Bertz CT molecular complexity index is 1290. The Kier molecular flexibility index (Phi) is 5.98. The van der Waals surface area contributed by atoms with Crippen LogP contribution in [0.1, 0.15) is 55.1 Å². The number of ether oxygens (including phenoxy) is 1. The quantitative estimate of drug-likeness (QED) is 0.289. The van der Waals surface area contributed by atoms with Gasteiger partial charge in [0.2, 0.25) is 0 Å². The summed E-state index contributed by atoms with van der Waals surface area (Å²) < 4.78 is 6.26. The Labute approximate surface area is 215 Å². The maximum Gasteiger partial charge on any atom is 0.259 e. The molecular formula is C27H28Cl2N4O2. The molecule has 1 atom stereocenters. The summed E-state index contributed by atoms with van der Waals surface area (Å²) in [6.45, 7) is 8.33. The Morgan fingerprint density at radius 3 is 2.43 bits per heavy atom. The Hall–Kier alpha value is -3.09. The maximum absolute atomic E-state index is 13.4. The van der Waals surface area contributed by atoms with E-state index < -0.39 is 5.60 Å². The van der Waals surface area contributed by atoms with Crippen molar-refractivity contribution in [2.75, 3.05) is 21.3 Å². The third-order valence-corrected chi connectivity index (χ3v) is 6.91. The zero-order valence-corrected chi connectivity index (χ0v) is 21.6. The minimum atomic E-state index is -0.426. The fourth-order valence-corrected chi connectivity index (χ4v) is 5.04. The first-order valence-electron chi connectivity index (χ1n) is 11.6. The van der Waals surface area contributed by atoms with Gasteiger partial charge in [0.15, 0.2) is 6.29 Å². The van der Waals surface area contributed by atoms with Crippen LogP contribution in [0.2, 0.25) is 10.0 Å². The average Bonchev–Trinajstić information content (AvgIpc) is 3.35. The van der Waals surface area contributed by atoms with Crippen LogP contribution in [0.5, 0.6) is 5.75 Å². The fraction of sp³-hybridized carbons (Fsp3) is 0.296. The summed E-state index contributed by atoms with van der Waals surface area (Å²) in [6, 6.07) is 15.1. The monoisotopic (exact) mass is 510 g/mol. The largest absolute Gasteiger partial charge is 0.486 e. The molecule has 0 bridgehead atoms. The third-order valence-electron chi connectivity index (χ3n) is 6.28. The van der Waals surface area contributed by atoms with Crippen molar-refractivity contribution in [2.24, 2.45) is 0 Å². The Morgan fingerprint density at radius 2 is 1.77 bits per heavy atom. The molecule has 0 saturated carbocycles. The number of anilines is 4. The van der Waals surface area contributed by atoms with Crippen LogP contribution in [0.4, 0.5) is 22.7 Å². The minimum Gasteiger partial charge on any atom is -0.486 e. The van der Waals surface area contributed by atoms with E-state index in [2.05, 4.69) is 35.1 Å². The molecule has 0 fully saturated rings. The van der Waals surface area contributed by atoms with E-state index in [1.807, 2.05) is 44.2 Å². The van der Waals surface area contributed by atoms with Crippen molar-refractivity contribution in [1.82, 2.24) is 0 Å². The number of fused-ring (bicyclic) bond motifs is 3. The Balaban J connectivity index is 1.44. The normalized spacial score (nSPS) is 17.2. The molecule has 4 N–H and O–H groups in total. The first-order chi connectivity index (χ1) is 16.6. The van der Waals surface area contributed by atoms with E-state index in [4.69, 9.17) is 27.9 Å². The smallest absolute Gasteiger partial charge is 0.259 e. The van der Waals surface area contributed by atoms with Crippen LogP contribution in [0.25, 0.3) is 0 Å². The molecule has 0 aromatic heterocycles. The van der Waals surface area contributed by atoms with Gasteiger partial charge in [0.25, 0.3) is 5.91 Å². The number of halogens is 2. The van der Waals surface area contributed by atoms with E-state index in [1.165, 1.54) is 5.56 Å². The number of hydrogen-bond acceptors (Lipinski definition) is 5. The van der Waals surface area contributed by atoms with Crippen LogP contribution in [0.15, 0.2) is 48.5 Å². The van der Waals surface area contributed by atoms with Gasteiger partial charge in [-0.3, -0.25) is 4.79 Å². The predicted octanol–water partition coefficient (Wildman–Crippen LogP) is 7.32. The first kappa shape index (κ1) is 23.6. The van der Waals surface area contributed by atoms with Crippen LogP contribution in [-0.4, -0.2) is 17.8 Å². The van der Waals surface area contributed by atoms with Crippen molar-refractivity contribution >= 4 is 51.9 Å². The van der Waals surface area contributed by atoms with Gasteiger partial charge in [-0.15, -0.1) is 0 Å². The SMILES string of the molecule is CC(C)c1ccc(NC(=O)c2cc3c(c4c2OC(C)(C)C4)NC(Nc2c(Cl)cccc2Cl)N3)cc1. The number of carbonyl (C=O) groups excluding carboxylic acids is 1. The van der Waals surface area contributed by atoms with Gasteiger partial charge >= 0.3 is 0 Å². The molecule has 8 heteroatoms. The lowest BCUT2D eigenvalue weighted by Crippen LogP contribution is -2.31. The molecule has 1 unspecified atom stereocenters. The molecule has 182 valence electrons. The van der Waals surface area contributed by atoms with Crippen molar-refractivity contribution in [3.8, 4) is 5.75 Å². The maximum atomic E-state index is 13.4. The topological polar surface area (TPSA) is 74.4 Å². The molecule has 0 saturated heterocycles. The number of amides is 1. The molecule has 0 spiro atoms. The van der Waals surface area contributed by atoms with Gasteiger partial charge in [0.1, 0.15) is 11.4 Å². The first-order valence-corrected chi connectivity index (χ1v) is 12.4. The average molecular weight is 511 g/mol. The van der Waals surface area contributed by atoms with Crippen molar-refractivity contribution in [3.63, 3.8) is 0 Å². The van der Waals surface area contributed by atoms with Crippen molar-refractivity contribution in [2.45, 2.75) is 51.9 Å². The van der Waals surface area contributed by atoms with Crippen LogP contribution < -0.4 is 26.0 Å². The summed E-state index contributed by atoms with van der Waals surface area (Å²) >= 11 is 12.7. The summed E-state index contributed by atoms with van der Waals surface area (Å²) in [5.41, 5.74) is 5.34. The van der Waals surface area contributed by atoms with Gasteiger partial charge in [0, 0.05) is 17.7 Å². The van der Waals surface area contributed by atoms with Gasteiger partial charge in [-0.1, -0.05) is 55.2 Å². The number of rotatable bonds is 5. The van der Waals surface area contributed by atoms with Gasteiger partial charge in [-0.05, 0) is 55.7 Å². The van der Waals surface area contributed by atoms with E-state index in [0.29, 0.717) is 39.4 Å². The summed E-state index contributed by atoms with van der Waals surface area (Å²) in [6.07, 6.45) is 0.306. The highest BCUT2D eigenvalue weighted by molar-refractivity contribution is 6.39. The van der Waals surface area contributed by atoms with Crippen molar-refractivity contribution in [3.05, 3.63) is 75.3 Å². The summed E-state index contributed by atoms with van der Waals surface area (Å²) in [5, 5.41) is 14.2. The van der Waals surface area contributed by atoms with E-state index in [-0.39, 0.29) is 12.2 Å². The molecule has 2 aliphatic heterocycles. The zero-order valence-electron chi connectivity index (χ0n) is 20.1. The van der Waals surface area contributed by atoms with E-state index >= 15 is 0 Å². The summed E-state index contributed by atoms with van der Waals surface area (Å²) in [7, 11) is 0. The van der Waals surface area contributed by atoms with Gasteiger partial charge in [-0.25, -0.2) is 0 Å². The van der Waals surface area contributed by atoms with Gasteiger partial charge < -0.3 is 26.0 Å². The lowest BCUT2D eigenvalue weighted by molar-refractivity contribution is 0.101. The molecule has 6 nitrogen and oxygen atoms in total. The van der Waals surface area contributed by atoms with E-state index in [0.717, 1.165) is 22.6 Å². The molecule has 0 aliphatic carbocycles. The Morgan fingerprint density at radius 1 is 1.09 bits per heavy atom. The van der Waals surface area contributed by atoms with Crippen LogP contribution in [0, 0.1) is 0 Å². The number of nitrogens with one attached hydrogen (secondary N) is 4. The fourth-order valence-electron chi connectivity index (χ4n) is 4.53. The van der Waals surface area contributed by atoms with Crippen molar-refractivity contribution in [1.29, 1.82) is 0 Å². The van der Waals surface area contributed by atoms with Crippen molar-refractivity contribution < 1.29 is 9.53 Å². The summed E-state index contributed by atoms with van der Waals surface area (Å²) in [4.78, 5) is 13.4. The second-order valence-electron chi connectivity index (χ2n) is 9.89. The standard InChI is InChI=1S/C27H28Cl2N4O2/c1-14(2)15-8-10-16(11-9-15)30-25(34)17-12-21-22(18-13-27(3,4)35-24(17)18)32-26(31-21)33-23-19(28)6-5-7-20(23)29/h5-12,14,26,31-33H,13H2,1-4H3,(H,30,34). The second-order valence-corrected chi connectivity index (χ2v) is 10.7. The molecule has 3 aromatic rings. The van der Waals surface area contributed by atoms with Crippen LogP contribution in [-0.2, 0) is 6.42 Å². The second kappa shape index (κ2) is 8.85. The molecule has 35 heavy (non-hydrogen) atoms. The highest BCUT2D eigenvalue weighted by Crippen LogP contribution is 2.48. The van der Waals surface area contributed by atoms with E-state index in [9.17, 15) is 4.79 Å². The zero-order chi connectivity index (χ0) is 24.9. The minimum absolute atomic E-state index is 0.216. The lowest BCUT2D eigenvalue weighted by atomic mass is 9.97. The summed E-state index contributed by atoms with van der Waals surface area (Å²) in [5.74, 6) is 0.818. The van der Waals surface area contributed by atoms with Crippen LogP contribution >= 0.6 is 23.2 Å². The number of carbonyl (C=O) groups is 1. The highest BCUT2D eigenvalue weighted by atomic mass is 35.5. The lowest BCUT2D eigenvalue weighted by Gasteiger charge is -2.19. The third kappa shape index (κ3) is 4.60. The molecule has 2 aliphatic rings. The predicted molar refractivity (Wildman–Crippen MR) is 144 cm³/mol. The number of hydrogen-bond donors (Lipinski definition) is 4. The molecular weight excluding hydrogens is 483 g/mol. The van der Waals surface area contributed by atoms with Gasteiger partial charge in [-0.2, -0.15) is 0 Å². The number of para-hydroxylation sites is 1. The molecule has 0 radical (unpaired) electrons. The van der Waals surface area contributed by atoms with E-state index in [1.54, 1.807) is 18.2 Å². The number of benzene rings is 3. The molecule has 1 amide bonds.